The number of likely N-dealkylation sites (tertiary alicyclic amines) is 1. The van der Waals surface area contributed by atoms with Gasteiger partial charge in [-0.05, 0) is 56.5 Å². The lowest BCUT2D eigenvalue weighted by Crippen LogP contribution is -2.35. The molecule has 0 radical (unpaired) electrons. The van der Waals surface area contributed by atoms with Gasteiger partial charge in [0.1, 0.15) is 5.75 Å². The molecule has 1 fully saturated rings. The molecule has 4 rings (SSSR count). The standard InChI is InChI=1S/C23H27N3O3/c1-2-28-20-11-7-6-10-19(20)23-24-21(29-25-23)16-26-14-12-18(13-15-26)22(27)17-8-4-3-5-9-17/h3-11,18,22,27H,2,12-16H2,1H3/t22-/m0/s1. The Morgan fingerprint density at radius 1 is 1.10 bits per heavy atom. The summed E-state index contributed by atoms with van der Waals surface area (Å²) in [5.41, 5.74) is 1.84. The van der Waals surface area contributed by atoms with Gasteiger partial charge in [0.15, 0.2) is 0 Å². The maximum atomic E-state index is 10.6. The van der Waals surface area contributed by atoms with Gasteiger partial charge >= 0.3 is 0 Å². The van der Waals surface area contributed by atoms with Crippen LogP contribution in [-0.4, -0.2) is 39.8 Å². The quantitative estimate of drug-likeness (QED) is 0.652. The Hall–Kier alpha value is -2.70. The fraction of sp³-hybridized carbons (Fsp3) is 0.391. The summed E-state index contributed by atoms with van der Waals surface area (Å²) in [6.45, 7) is 4.98. The first-order valence-corrected chi connectivity index (χ1v) is 10.2. The van der Waals surface area contributed by atoms with Crippen LogP contribution < -0.4 is 4.74 Å². The van der Waals surface area contributed by atoms with Crippen LogP contribution in [-0.2, 0) is 6.54 Å². The van der Waals surface area contributed by atoms with Crippen LogP contribution in [0.5, 0.6) is 5.75 Å². The summed E-state index contributed by atoms with van der Waals surface area (Å²) in [6.07, 6.45) is 1.50. The van der Waals surface area contributed by atoms with E-state index < -0.39 is 6.10 Å². The third-order valence-electron chi connectivity index (χ3n) is 5.47. The van der Waals surface area contributed by atoms with Crippen LogP contribution in [0.1, 0.15) is 37.3 Å². The second-order valence-electron chi connectivity index (χ2n) is 7.41. The molecule has 0 aliphatic carbocycles. The number of aliphatic hydroxyl groups excluding tert-OH is 1. The molecular weight excluding hydrogens is 366 g/mol. The molecule has 0 spiro atoms. The van der Waals surface area contributed by atoms with Crippen molar-refractivity contribution in [3.05, 3.63) is 66.1 Å². The molecule has 1 atom stereocenters. The van der Waals surface area contributed by atoms with Crippen molar-refractivity contribution >= 4 is 0 Å². The predicted molar refractivity (Wildman–Crippen MR) is 110 cm³/mol. The van der Waals surface area contributed by atoms with Gasteiger partial charge in [0.25, 0.3) is 0 Å². The minimum atomic E-state index is -0.400. The summed E-state index contributed by atoms with van der Waals surface area (Å²) in [4.78, 5) is 6.88. The second kappa shape index (κ2) is 9.20. The molecule has 152 valence electrons. The zero-order valence-electron chi connectivity index (χ0n) is 16.7. The average Bonchev–Trinajstić information content (AvgIpc) is 3.23. The van der Waals surface area contributed by atoms with Crippen molar-refractivity contribution < 1.29 is 14.4 Å². The zero-order chi connectivity index (χ0) is 20.1. The number of ether oxygens (including phenoxy) is 1. The van der Waals surface area contributed by atoms with Crippen LogP contribution in [0, 0.1) is 5.92 Å². The Kier molecular flexibility index (Phi) is 6.22. The minimum absolute atomic E-state index is 0.282. The number of nitrogens with zero attached hydrogens (tertiary/aromatic N) is 3. The fourth-order valence-corrected chi connectivity index (χ4v) is 3.90. The average molecular weight is 393 g/mol. The summed E-state index contributed by atoms with van der Waals surface area (Å²) >= 11 is 0. The number of rotatable bonds is 7. The van der Waals surface area contributed by atoms with E-state index in [4.69, 9.17) is 9.26 Å². The van der Waals surface area contributed by atoms with E-state index in [1.54, 1.807) is 0 Å². The van der Waals surface area contributed by atoms with E-state index in [1.165, 1.54) is 0 Å². The monoisotopic (exact) mass is 393 g/mol. The molecule has 1 saturated heterocycles. The van der Waals surface area contributed by atoms with Gasteiger partial charge in [0.05, 0.1) is 24.8 Å². The fourth-order valence-electron chi connectivity index (χ4n) is 3.90. The van der Waals surface area contributed by atoms with Crippen LogP contribution in [0.4, 0.5) is 0 Å². The van der Waals surface area contributed by atoms with Gasteiger partial charge in [-0.1, -0.05) is 47.6 Å². The number of benzene rings is 2. The topological polar surface area (TPSA) is 71.6 Å². The molecule has 0 saturated carbocycles. The Morgan fingerprint density at radius 3 is 2.59 bits per heavy atom. The van der Waals surface area contributed by atoms with Crippen molar-refractivity contribution in [3.63, 3.8) is 0 Å². The molecule has 1 aliphatic heterocycles. The second-order valence-corrected chi connectivity index (χ2v) is 7.41. The van der Waals surface area contributed by atoms with Crippen LogP contribution in [0.3, 0.4) is 0 Å². The van der Waals surface area contributed by atoms with Crippen molar-refractivity contribution in [3.8, 4) is 17.1 Å². The summed E-state index contributed by atoms with van der Waals surface area (Å²) < 4.78 is 11.2. The highest BCUT2D eigenvalue weighted by atomic mass is 16.5. The third kappa shape index (κ3) is 4.66. The van der Waals surface area contributed by atoms with Crippen molar-refractivity contribution in [2.75, 3.05) is 19.7 Å². The van der Waals surface area contributed by atoms with E-state index in [9.17, 15) is 5.11 Å². The molecule has 0 unspecified atom stereocenters. The van der Waals surface area contributed by atoms with Gasteiger partial charge in [0, 0.05) is 0 Å². The molecule has 2 aromatic carbocycles. The predicted octanol–water partition coefficient (Wildman–Crippen LogP) is 4.08. The molecule has 1 aliphatic rings. The van der Waals surface area contributed by atoms with E-state index in [0.717, 1.165) is 42.8 Å². The lowest BCUT2D eigenvalue weighted by Gasteiger charge is -2.33. The third-order valence-corrected chi connectivity index (χ3v) is 5.47. The summed E-state index contributed by atoms with van der Waals surface area (Å²) in [7, 11) is 0. The first-order valence-electron chi connectivity index (χ1n) is 10.2. The van der Waals surface area contributed by atoms with E-state index in [0.29, 0.717) is 24.9 Å². The van der Waals surface area contributed by atoms with Crippen molar-refractivity contribution in [2.24, 2.45) is 5.92 Å². The highest BCUT2D eigenvalue weighted by Crippen LogP contribution is 2.31. The Labute approximate surface area is 171 Å². The molecule has 1 N–H and O–H groups in total. The van der Waals surface area contributed by atoms with Gasteiger partial charge < -0.3 is 14.4 Å². The molecule has 29 heavy (non-hydrogen) atoms. The van der Waals surface area contributed by atoms with E-state index in [1.807, 2.05) is 61.5 Å². The Morgan fingerprint density at radius 2 is 1.83 bits per heavy atom. The maximum Gasteiger partial charge on any atom is 0.241 e. The smallest absolute Gasteiger partial charge is 0.241 e. The molecule has 0 amide bonds. The maximum absolute atomic E-state index is 10.6. The van der Waals surface area contributed by atoms with Crippen LogP contribution in [0.2, 0.25) is 0 Å². The number of hydrogen-bond acceptors (Lipinski definition) is 6. The molecule has 6 heteroatoms. The molecule has 6 nitrogen and oxygen atoms in total. The van der Waals surface area contributed by atoms with E-state index in [2.05, 4.69) is 15.0 Å². The van der Waals surface area contributed by atoms with Gasteiger partial charge in [0.2, 0.25) is 11.7 Å². The van der Waals surface area contributed by atoms with Gasteiger partial charge in [-0.3, -0.25) is 4.90 Å². The summed E-state index contributed by atoms with van der Waals surface area (Å²) in [5.74, 6) is 2.20. The Balaban J connectivity index is 1.35. The SMILES string of the molecule is CCOc1ccccc1-c1noc(CN2CCC([C@@H](O)c3ccccc3)CC2)n1. The summed E-state index contributed by atoms with van der Waals surface area (Å²) in [5, 5.41) is 14.8. The number of para-hydroxylation sites is 1. The number of piperidine rings is 1. The normalized spacial score (nSPS) is 16.6. The van der Waals surface area contributed by atoms with Gasteiger partial charge in [-0.2, -0.15) is 4.98 Å². The zero-order valence-corrected chi connectivity index (χ0v) is 16.7. The lowest BCUT2D eigenvalue weighted by molar-refractivity contribution is 0.0538. The highest BCUT2D eigenvalue weighted by molar-refractivity contribution is 5.63. The Bertz CT molecular complexity index is 904. The molecule has 0 bridgehead atoms. The molecule has 3 aromatic rings. The number of hydrogen-bond donors (Lipinski definition) is 1. The first-order chi connectivity index (χ1) is 14.2. The van der Waals surface area contributed by atoms with Crippen LogP contribution in [0.25, 0.3) is 11.4 Å². The highest BCUT2D eigenvalue weighted by Gasteiger charge is 2.27. The lowest BCUT2D eigenvalue weighted by atomic mass is 9.87. The first kappa shape index (κ1) is 19.6. The van der Waals surface area contributed by atoms with Crippen molar-refractivity contribution in [1.29, 1.82) is 0 Å². The van der Waals surface area contributed by atoms with Crippen molar-refractivity contribution in [1.82, 2.24) is 15.0 Å². The van der Waals surface area contributed by atoms with Crippen LogP contribution >= 0.6 is 0 Å². The molecule has 1 aromatic heterocycles. The van der Waals surface area contributed by atoms with E-state index in [-0.39, 0.29) is 5.92 Å². The summed E-state index contributed by atoms with van der Waals surface area (Å²) in [6, 6.07) is 17.7. The van der Waals surface area contributed by atoms with Gasteiger partial charge in [-0.25, -0.2) is 0 Å². The number of aromatic nitrogens is 2. The van der Waals surface area contributed by atoms with Crippen LogP contribution in [0.15, 0.2) is 59.1 Å². The van der Waals surface area contributed by atoms with Crippen molar-refractivity contribution in [2.45, 2.75) is 32.4 Å². The largest absolute Gasteiger partial charge is 0.493 e. The minimum Gasteiger partial charge on any atom is -0.493 e. The van der Waals surface area contributed by atoms with Gasteiger partial charge in [-0.15, -0.1) is 0 Å². The number of aliphatic hydroxyl groups is 1. The van der Waals surface area contributed by atoms with E-state index >= 15 is 0 Å². The molecule has 2 heterocycles. The molecular formula is C23H27N3O3.